The van der Waals surface area contributed by atoms with Crippen LogP contribution >= 0.6 is 0 Å². The molecule has 0 bridgehead atoms. The molecule has 0 fully saturated rings. The number of nitrogens with one attached hydrogen (secondary N) is 1. The monoisotopic (exact) mass is 275 g/mol. The van der Waals surface area contributed by atoms with Crippen LogP contribution in [0.15, 0.2) is 11.2 Å². The molecule has 1 rings (SSSR count). The first-order valence-electron chi connectivity index (χ1n) is 5.96. The van der Waals surface area contributed by atoms with Gasteiger partial charge in [-0.2, -0.15) is 0 Å². The molecule has 2 N–H and O–H groups in total. The fraction of sp³-hybridized carbons (Fsp3) is 0.727. The first-order chi connectivity index (χ1) is 8.28. The van der Waals surface area contributed by atoms with Gasteiger partial charge in [-0.1, -0.05) is 6.92 Å². The average molecular weight is 275 g/mol. The van der Waals surface area contributed by atoms with Crippen LogP contribution in [0.5, 0.6) is 0 Å². The highest BCUT2D eigenvalue weighted by molar-refractivity contribution is 7.89. The lowest BCUT2D eigenvalue weighted by Gasteiger charge is -2.26. The quantitative estimate of drug-likeness (QED) is 0.798. The highest BCUT2D eigenvalue weighted by Gasteiger charge is 2.30. The Kier molecular flexibility index (Phi) is 4.52. The molecule has 1 heterocycles. The van der Waals surface area contributed by atoms with Crippen molar-refractivity contribution in [2.24, 2.45) is 0 Å². The van der Waals surface area contributed by atoms with Crippen LogP contribution in [0.4, 0.5) is 0 Å². The van der Waals surface area contributed by atoms with E-state index in [0.29, 0.717) is 18.8 Å². The Balaban J connectivity index is 3.06. The summed E-state index contributed by atoms with van der Waals surface area (Å²) in [4.78, 5) is 4.04. The Bertz CT molecular complexity index is 504. The SMILES string of the molecule is CCn1cc(S(=O)(=O)NC(C)(CC)CO)nc1C. The molecule has 1 aromatic rings. The van der Waals surface area contributed by atoms with Gasteiger partial charge in [0.15, 0.2) is 5.03 Å². The van der Waals surface area contributed by atoms with Crippen LogP contribution in [0.25, 0.3) is 0 Å². The fourth-order valence-electron chi connectivity index (χ4n) is 1.52. The Morgan fingerprint density at radius 1 is 1.50 bits per heavy atom. The van der Waals surface area contributed by atoms with Crippen LogP contribution < -0.4 is 4.72 Å². The van der Waals surface area contributed by atoms with Gasteiger partial charge < -0.3 is 9.67 Å². The lowest BCUT2D eigenvalue weighted by molar-refractivity contribution is 0.191. The third kappa shape index (κ3) is 3.09. The Labute approximate surface area is 108 Å². The predicted molar refractivity (Wildman–Crippen MR) is 68.7 cm³/mol. The van der Waals surface area contributed by atoms with Crippen LogP contribution in [-0.4, -0.2) is 35.2 Å². The second-order valence-electron chi connectivity index (χ2n) is 4.59. The van der Waals surface area contributed by atoms with E-state index in [1.165, 1.54) is 6.20 Å². The number of aryl methyl sites for hydroxylation is 2. The first kappa shape index (κ1) is 15.1. The van der Waals surface area contributed by atoms with E-state index in [2.05, 4.69) is 9.71 Å². The van der Waals surface area contributed by atoms with Crippen molar-refractivity contribution in [1.82, 2.24) is 14.3 Å². The summed E-state index contributed by atoms with van der Waals surface area (Å²) in [5.41, 5.74) is -0.858. The molecule has 1 aromatic heterocycles. The molecule has 0 aliphatic rings. The molecule has 0 spiro atoms. The van der Waals surface area contributed by atoms with Gasteiger partial charge in [-0.3, -0.25) is 0 Å². The lowest BCUT2D eigenvalue weighted by Crippen LogP contribution is -2.48. The number of rotatable bonds is 6. The normalized spacial score (nSPS) is 15.6. The molecular weight excluding hydrogens is 254 g/mol. The van der Waals surface area contributed by atoms with Gasteiger partial charge in [-0.25, -0.2) is 18.1 Å². The number of aliphatic hydroxyl groups is 1. The topological polar surface area (TPSA) is 84.2 Å². The van der Waals surface area contributed by atoms with E-state index in [9.17, 15) is 13.5 Å². The van der Waals surface area contributed by atoms with Crippen molar-refractivity contribution in [3.05, 3.63) is 12.0 Å². The zero-order valence-corrected chi connectivity index (χ0v) is 12.1. The van der Waals surface area contributed by atoms with Crippen molar-refractivity contribution in [3.8, 4) is 0 Å². The van der Waals surface area contributed by atoms with Gasteiger partial charge in [0.05, 0.1) is 12.1 Å². The maximum atomic E-state index is 12.1. The number of imidazole rings is 1. The van der Waals surface area contributed by atoms with Crippen molar-refractivity contribution >= 4 is 10.0 Å². The molecule has 104 valence electrons. The number of hydrogen-bond donors (Lipinski definition) is 2. The molecule has 0 aliphatic carbocycles. The minimum atomic E-state index is -3.70. The van der Waals surface area contributed by atoms with Gasteiger partial charge in [-0.05, 0) is 27.2 Å². The molecule has 18 heavy (non-hydrogen) atoms. The van der Waals surface area contributed by atoms with Gasteiger partial charge in [0, 0.05) is 12.7 Å². The first-order valence-corrected chi connectivity index (χ1v) is 7.45. The summed E-state index contributed by atoms with van der Waals surface area (Å²) in [6.07, 6.45) is 2.00. The van der Waals surface area contributed by atoms with Crippen molar-refractivity contribution in [2.45, 2.75) is 51.2 Å². The number of aromatic nitrogens is 2. The maximum Gasteiger partial charge on any atom is 0.260 e. The summed E-state index contributed by atoms with van der Waals surface area (Å²) in [7, 11) is -3.70. The molecule has 1 atom stereocenters. The molecule has 0 aliphatic heterocycles. The van der Waals surface area contributed by atoms with E-state index in [0.717, 1.165) is 0 Å². The number of aliphatic hydroxyl groups excluding tert-OH is 1. The smallest absolute Gasteiger partial charge is 0.260 e. The minimum Gasteiger partial charge on any atom is -0.394 e. The van der Waals surface area contributed by atoms with Crippen molar-refractivity contribution in [1.29, 1.82) is 0 Å². The maximum absolute atomic E-state index is 12.1. The molecule has 0 aromatic carbocycles. The fourth-order valence-corrected chi connectivity index (χ4v) is 3.00. The molecule has 0 radical (unpaired) electrons. The number of hydrogen-bond acceptors (Lipinski definition) is 4. The highest BCUT2D eigenvalue weighted by Crippen LogP contribution is 2.15. The van der Waals surface area contributed by atoms with Crippen LogP contribution in [0, 0.1) is 6.92 Å². The molecule has 0 saturated heterocycles. The molecule has 0 amide bonds. The van der Waals surface area contributed by atoms with Crippen LogP contribution in [0.3, 0.4) is 0 Å². The highest BCUT2D eigenvalue weighted by atomic mass is 32.2. The van der Waals surface area contributed by atoms with E-state index in [-0.39, 0.29) is 11.6 Å². The third-order valence-corrected chi connectivity index (χ3v) is 4.59. The van der Waals surface area contributed by atoms with E-state index in [4.69, 9.17) is 0 Å². The van der Waals surface area contributed by atoms with Crippen LogP contribution in [0.1, 0.15) is 33.0 Å². The van der Waals surface area contributed by atoms with E-state index < -0.39 is 15.6 Å². The van der Waals surface area contributed by atoms with Crippen molar-refractivity contribution < 1.29 is 13.5 Å². The number of nitrogens with zero attached hydrogens (tertiary/aromatic N) is 2. The van der Waals surface area contributed by atoms with Gasteiger partial charge in [0.1, 0.15) is 5.82 Å². The summed E-state index contributed by atoms with van der Waals surface area (Å²) in [6, 6.07) is 0. The van der Waals surface area contributed by atoms with Crippen molar-refractivity contribution in [2.75, 3.05) is 6.61 Å². The Morgan fingerprint density at radius 2 is 2.11 bits per heavy atom. The van der Waals surface area contributed by atoms with Gasteiger partial charge in [0.2, 0.25) is 0 Å². The zero-order valence-electron chi connectivity index (χ0n) is 11.3. The second-order valence-corrected chi connectivity index (χ2v) is 6.22. The second kappa shape index (κ2) is 5.38. The molecule has 1 unspecified atom stereocenters. The number of sulfonamides is 1. The Hall–Kier alpha value is -0.920. The average Bonchev–Trinajstić information content (AvgIpc) is 2.70. The minimum absolute atomic E-state index is 0.00465. The summed E-state index contributed by atoms with van der Waals surface area (Å²) in [5, 5.41) is 9.24. The summed E-state index contributed by atoms with van der Waals surface area (Å²) >= 11 is 0. The summed E-state index contributed by atoms with van der Waals surface area (Å²) in [5.74, 6) is 0.653. The van der Waals surface area contributed by atoms with E-state index in [1.807, 2.05) is 13.8 Å². The third-order valence-electron chi connectivity index (χ3n) is 3.08. The van der Waals surface area contributed by atoms with Gasteiger partial charge in [0.25, 0.3) is 10.0 Å². The molecule has 6 nitrogen and oxygen atoms in total. The molecule has 0 saturated carbocycles. The lowest BCUT2D eigenvalue weighted by atomic mass is 10.0. The summed E-state index contributed by atoms with van der Waals surface area (Å²) < 4.78 is 28.6. The molecular formula is C11H21N3O3S. The van der Waals surface area contributed by atoms with Crippen LogP contribution in [0.2, 0.25) is 0 Å². The zero-order chi connectivity index (χ0) is 14.0. The standard InChI is InChI=1S/C11H21N3O3S/c1-5-11(4,8-15)13-18(16,17)10-7-14(6-2)9(3)12-10/h7,13,15H,5-6,8H2,1-4H3. The van der Waals surface area contributed by atoms with Crippen LogP contribution in [-0.2, 0) is 16.6 Å². The van der Waals surface area contributed by atoms with Gasteiger partial charge in [-0.15, -0.1) is 0 Å². The van der Waals surface area contributed by atoms with Crippen molar-refractivity contribution in [3.63, 3.8) is 0 Å². The largest absolute Gasteiger partial charge is 0.394 e. The van der Waals surface area contributed by atoms with E-state index in [1.54, 1.807) is 18.4 Å². The summed E-state index contributed by atoms with van der Waals surface area (Å²) in [6.45, 7) is 7.56. The predicted octanol–water partition coefficient (Wildman–Crippen LogP) is 0.651. The Morgan fingerprint density at radius 3 is 2.50 bits per heavy atom. The van der Waals surface area contributed by atoms with E-state index >= 15 is 0 Å². The molecule has 7 heteroatoms. The van der Waals surface area contributed by atoms with Gasteiger partial charge >= 0.3 is 0 Å².